The second-order valence-electron chi connectivity index (χ2n) is 5.25. The summed E-state index contributed by atoms with van der Waals surface area (Å²) in [7, 11) is 4.06. The van der Waals surface area contributed by atoms with Crippen molar-refractivity contribution in [2.45, 2.75) is 5.92 Å². The Morgan fingerprint density at radius 1 is 1.10 bits per heavy atom. The topological polar surface area (TPSA) is 15.6 Å². The van der Waals surface area contributed by atoms with Crippen LogP contribution in [0.1, 0.15) is 22.6 Å². The second kappa shape index (κ2) is 5.29. The van der Waals surface area contributed by atoms with E-state index in [0.29, 0.717) is 0 Å². The molecule has 102 valence electrons. The van der Waals surface area contributed by atoms with Crippen molar-refractivity contribution in [2.24, 2.45) is 4.99 Å². The highest BCUT2D eigenvalue weighted by molar-refractivity contribution is 6.30. The van der Waals surface area contributed by atoms with Crippen molar-refractivity contribution in [2.75, 3.05) is 20.6 Å². The third kappa shape index (κ3) is 2.32. The van der Waals surface area contributed by atoms with Crippen LogP contribution in [-0.4, -0.2) is 31.4 Å². The summed E-state index contributed by atoms with van der Waals surface area (Å²) < 4.78 is 0. The molecule has 1 heterocycles. The van der Waals surface area contributed by atoms with Crippen molar-refractivity contribution < 1.29 is 0 Å². The van der Waals surface area contributed by atoms with E-state index in [0.717, 1.165) is 17.4 Å². The molecule has 1 unspecified atom stereocenters. The van der Waals surface area contributed by atoms with Gasteiger partial charge in [-0.15, -0.1) is 0 Å². The van der Waals surface area contributed by atoms with Crippen LogP contribution in [-0.2, 0) is 0 Å². The van der Waals surface area contributed by atoms with Gasteiger partial charge in [0.15, 0.2) is 0 Å². The Hall–Kier alpha value is -1.80. The van der Waals surface area contributed by atoms with Gasteiger partial charge in [0.1, 0.15) is 5.84 Å². The molecular weight excluding hydrogens is 268 g/mol. The summed E-state index contributed by atoms with van der Waals surface area (Å²) in [6.45, 7) is 0.769. The first-order valence-corrected chi connectivity index (χ1v) is 7.11. The summed E-state index contributed by atoms with van der Waals surface area (Å²) in [5.41, 5.74) is 3.74. The summed E-state index contributed by atoms with van der Waals surface area (Å²) >= 11 is 6.20. The maximum absolute atomic E-state index is 6.20. The predicted octanol–water partition coefficient (Wildman–Crippen LogP) is 3.79. The molecule has 2 aromatic carbocycles. The van der Waals surface area contributed by atoms with E-state index in [4.69, 9.17) is 16.6 Å². The molecular formula is C17H17ClN2. The third-order valence-electron chi connectivity index (χ3n) is 3.68. The van der Waals surface area contributed by atoms with Crippen LogP contribution in [0.3, 0.4) is 0 Å². The molecule has 0 spiro atoms. The van der Waals surface area contributed by atoms with Gasteiger partial charge in [0.2, 0.25) is 0 Å². The number of hydrogen-bond acceptors (Lipinski definition) is 2. The van der Waals surface area contributed by atoms with Gasteiger partial charge in [0, 0.05) is 30.6 Å². The third-order valence-corrected chi connectivity index (χ3v) is 3.91. The average molecular weight is 285 g/mol. The van der Waals surface area contributed by atoms with Crippen LogP contribution < -0.4 is 0 Å². The van der Waals surface area contributed by atoms with E-state index in [2.05, 4.69) is 41.3 Å². The van der Waals surface area contributed by atoms with Crippen molar-refractivity contribution in [3.63, 3.8) is 0 Å². The molecule has 0 aliphatic carbocycles. The number of aliphatic imine (C=N–C) groups is 1. The number of fused-ring (bicyclic) bond motifs is 1. The lowest BCUT2D eigenvalue weighted by Gasteiger charge is -2.28. The van der Waals surface area contributed by atoms with E-state index < -0.39 is 0 Å². The molecule has 1 atom stereocenters. The molecule has 0 saturated heterocycles. The molecule has 0 bridgehead atoms. The van der Waals surface area contributed by atoms with Gasteiger partial charge >= 0.3 is 0 Å². The van der Waals surface area contributed by atoms with E-state index in [1.165, 1.54) is 16.7 Å². The van der Waals surface area contributed by atoms with E-state index in [9.17, 15) is 0 Å². The van der Waals surface area contributed by atoms with Crippen LogP contribution in [0.25, 0.3) is 0 Å². The molecule has 0 N–H and O–H groups in total. The normalized spacial score (nSPS) is 17.4. The first kappa shape index (κ1) is 13.2. The Labute approximate surface area is 124 Å². The zero-order chi connectivity index (χ0) is 14.1. The van der Waals surface area contributed by atoms with Crippen LogP contribution in [0.15, 0.2) is 53.5 Å². The van der Waals surface area contributed by atoms with Crippen molar-refractivity contribution >= 4 is 17.4 Å². The fourth-order valence-electron chi connectivity index (χ4n) is 2.74. The summed E-state index contributed by atoms with van der Waals surface area (Å²) in [6.07, 6.45) is 0. The number of rotatable bonds is 1. The molecule has 2 nitrogen and oxygen atoms in total. The molecule has 1 aliphatic heterocycles. The summed E-state index contributed by atoms with van der Waals surface area (Å²) in [5, 5.41) is 0.782. The minimum Gasteiger partial charge on any atom is -0.363 e. The molecule has 20 heavy (non-hydrogen) atoms. The van der Waals surface area contributed by atoms with Gasteiger partial charge in [-0.25, -0.2) is 0 Å². The Balaban J connectivity index is 2.13. The fourth-order valence-corrected chi connectivity index (χ4v) is 2.92. The van der Waals surface area contributed by atoms with Crippen molar-refractivity contribution in [1.29, 1.82) is 0 Å². The average Bonchev–Trinajstić information content (AvgIpc) is 2.46. The summed E-state index contributed by atoms with van der Waals surface area (Å²) in [6, 6.07) is 16.6. The summed E-state index contributed by atoms with van der Waals surface area (Å²) in [5.74, 6) is 1.32. The van der Waals surface area contributed by atoms with Gasteiger partial charge in [0.25, 0.3) is 0 Å². The van der Waals surface area contributed by atoms with Gasteiger partial charge in [-0.3, -0.25) is 4.99 Å². The van der Waals surface area contributed by atoms with Crippen LogP contribution in [0.4, 0.5) is 0 Å². The minimum absolute atomic E-state index is 0.286. The molecule has 0 saturated carbocycles. The fraction of sp³-hybridized carbons (Fsp3) is 0.235. The SMILES string of the molecule is CN(C)C1=NCC(c2ccccc2)c2cc(Cl)ccc21. The van der Waals surface area contributed by atoms with Crippen molar-refractivity contribution in [3.05, 3.63) is 70.2 Å². The molecule has 2 aromatic rings. The van der Waals surface area contributed by atoms with Crippen LogP contribution in [0.2, 0.25) is 5.02 Å². The molecule has 0 amide bonds. The monoisotopic (exact) mass is 284 g/mol. The lowest BCUT2D eigenvalue weighted by atomic mass is 9.86. The molecule has 0 radical (unpaired) electrons. The zero-order valence-electron chi connectivity index (χ0n) is 11.7. The number of nitrogens with zero attached hydrogens (tertiary/aromatic N) is 2. The van der Waals surface area contributed by atoms with Gasteiger partial charge in [-0.05, 0) is 29.3 Å². The van der Waals surface area contributed by atoms with Gasteiger partial charge < -0.3 is 4.90 Å². The largest absolute Gasteiger partial charge is 0.363 e. The number of halogens is 1. The van der Waals surface area contributed by atoms with Crippen LogP contribution in [0.5, 0.6) is 0 Å². The van der Waals surface area contributed by atoms with Crippen LogP contribution >= 0.6 is 11.6 Å². The maximum atomic E-state index is 6.20. The second-order valence-corrected chi connectivity index (χ2v) is 5.69. The lowest BCUT2D eigenvalue weighted by Crippen LogP contribution is -2.29. The molecule has 0 fully saturated rings. The first-order valence-electron chi connectivity index (χ1n) is 6.73. The number of benzene rings is 2. The summed E-state index contributed by atoms with van der Waals surface area (Å²) in [4.78, 5) is 6.82. The number of amidine groups is 1. The zero-order valence-corrected chi connectivity index (χ0v) is 12.4. The Bertz CT molecular complexity index is 647. The van der Waals surface area contributed by atoms with Crippen LogP contribution in [0, 0.1) is 0 Å². The quantitative estimate of drug-likeness (QED) is 0.778. The molecule has 1 aliphatic rings. The van der Waals surface area contributed by atoms with Crippen molar-refractivity contribution in [3.8, 4) is 0 Å². The molecule has 0 aromatic heterocycles. The highest BCUT2D eigenvalue weighted by Gasteiger charge is 2.25. The Morgan fingerprint density at radius 2 is 1.85 bits per heavy atom. The highest BCUT2D eigenvalue weighted by atomic mass is 35.5. The minimum atomic E-state index is 0.286. The molecule has 3 rings (SSSR count). The highest BCUT2D eigenvalue weighted by Crippen LogP contribution is 2.33. The van der Waals surface area contributed by atoms with Gasteiger partial charge in [-0.1, -0.05) is 41.9 Å². The Kier molecular flexibility index (Phi) is 3.49. The maximum Gasteiger partial charge on any atom is 0.130 e. The van der Waals surface area contributed by atoms with Crippen molar-refractivity contribution in [1.82, 2.24) is 4.90 Å². The standard InChI is InChI=1S/C17H17ClN2/c1-20(2)17-14-9-8-13(18)10-15(14)16(11-19-17)12-6-4-3-5-7-12/h3-10,16H,11H2,1-2H3. The predicted molar refractivity (Wildman–Crippen MR) is 84.8 cm³/mol. The Morgan fingerprint density at radius 3 is 2.55 bits per heavy atom. The van der Waals surface area contributed by atoms with E-state index in [1.54, 1.807) is 0 Å². The van der Waals surface area contributed by atoms with E-state index in [-0.39, 0.29) is 5.92 Å². The smallest absolute Gasteiger partial charge is 0.130 e. The van der Waals surface area contributed by atoms with Gasteiger partial charge in [-0.2, -0.15) is 0 Å². The first-order chi connectivity index (χ1) is 9.66. The van der Waals surface area contributed by atoms with E-state index >= 15 is 0 Å². The van der Waals surface area contributed by atoms with E-state index in [1.807, 2.05) is 26.2 Å². The number of hydrogen-bond donors (Lipinski definition) is 0. The molecule has 3 heteroatoms. The lowest BCUT2D eigenvalue weighted by molar-refractivity contribution is 0.608. The van der Waals surface area contributed by atoms with Gasteiger partial charge in [0.05, 0.1) is 6.54 Å².